The van der Waals surface area contributed by atoms with Crippen LogP contribution in [0.15, 0.2) is 18.2 Å². The van der Waals surface area contributed by atoms with Crippen LogP contribution in [-0.2, 0) is 11.2 Å². The third kappa shape index (κ3) is 5.32. The summed E-state index contributed by atoms with van der Waals surface area (Å²) in [6.07, 6.45) is 1.31. The molecule has 0 saturated heterocycles. The Bertz CT molecular complexity index is 420. The first-order chi connectivity index (χ1) is 9.06. The molecule has 6 heteroatoms. The average Bonchev–Trinajstić information content (AvgIpc) is 2.36. The van der Waals surface area contributed by atoms with Crippen molar-refractivity contribution in [3.8, 4) is 0 Å². The highest BCUT2D eigenvalue weighted by Crippen LogP contribution is 2.17. The Labute approximate surface area is 111 Å². The minimum atomic E-state index is -0.580. The number of ether oxygens (including phenoxy) is 1. The lowest BCUT2D eigenvalue weighted by molar-refractivity contribution is -0.385. The molecular weight excluding hydrogens is 251 g/mol. The fourth-order valence-corrected chi connectivity index (χ4v) is 1.96. The molecule has 0 aliphatic heterocycles. The summed E-state index contributed by atoms with van der Waals surface area (Å²) < 4.78 is 18.3. The largest absolute Gasteiger partial charge is 0.383 e. The maximum atomic E-state index is 13.3. The van der Waals surface area contributed by atoms with Crippen LogP contribution in [0.25, 0.3) is 0 Å². The van der Waals surface area contributed by atoms with Gasteiger partial charge in [-0.05, 0) is 31.0 Å². The molecular formula is C13H19FN2O3. The van der Waals surface area contributed by atoms with Gasteiger partial charge in [0.1, 0.15) is 5.82 Å². The molecule has 0 amide bonds. The summed E-state index contributed by atoms with van der Waals surface area (Å²) in [5.74, 6) is -0.573. The number of benzene rings is 1. The van der Waals surface area contributed by atoms with Crippen LogP contribution in [0, 0.1) is 15.9 Å². The molecule has 106 valence electrons. The summed E-state index contributed by atoms with van der Waals surface area (Å²) in [6.45, 7) is 3.37. The number of aryl methyl sites for hydroxylation is 1. The summed E-state index contributed by atoms with van der Waals surface area (Å²) in [5, 5.41) is 13.9. The molecule has 0 bridgehead atoms. The zero-order chi connectivity index (χ0) is 14.3. The molecule has 1 aromatic carbocycles. The van der Waals surface area contributed by atoms with E-state index in [0.29, 0.717) is 18.6 Å². The van der Waals surface area contributed by atoms with Crippen LogP contribution in [-0.4, -0.2) is 31.2 Å². The Kier molecular flexibility index (Phi) is 6.38. The van der Waals surface area contributed by atoms with Crippen molar-refractivity contribution in [1.29, 1.82) is 0 Å². The topological polar surface area (TPSA) is 64.4 Å². The SMILES string of the molecule is CCNC(CCc1cc(F)cc([N+](=O)[O-])c1)COC. The van der Waals surface area contributed by atoms with Crippen LogP contribution in [0.4, 0.5) is 10.1 Å². The maximum absolute atomic E-state index is 13.3. The molecule has 0 heterocycles. The third-order valence-corrected chi connectivity index (χ3v) is 2.80. The van der Waals surface area contributed by atoms with Gasteiger partial charge in [-0.15, -0.1) is 0 Å². The average molecular weight is 270 g/mol. The van der Waals surface area contributed by atoms with Gasteiger partial charge in [-0.25, -0.2) is 4.39 Å². The number of nitrogens with zero attached hydrogens (tertiary/aromatic N) is 1. The predicted molar refractivity (Wildman–Crippen MR) is 70.7 cm³/mol. The Morgan fingerprint density at radius 3 is 2.79 bits per heavy atom. The minimum Gasteiger partial charge on any atom is -0.383 e. The molecule has 1 rings (SSSR count). The van der Waals surface area contributed by atoms with E-state index < -0.39 is 10.7 Å². The Hall–Kier alpha value is -1.53. The summed E-state index contributed by atoms with van der Waals surface area (Å²) in [7, 11) is 1.62. The number of hydrogen-bond acceptors (Lipinski definition) is 4. The lowest BCUT2D eigenvalue weighted by Crippen LogP contribution is -2.33. The Morgan fingerprint density at radius 2 is 2.21 bits per heavy atom. The van der Waals surface area contributed by atoms with Crippen molar-refractivity contribution in [2.75, 3.05) is 20.3 Å². The second kappa shape index (κ2) is 7.81. The number of nitrogens with one attached hydrogen (secondary N) is 1. The lowest BCUT2D eigenvalue weighted by Gasteiger charge is -2.16. The third-order valence-electron chi connectivity index (χ3n) is 2.80. The van der Waals surface area contributed by atoms with Gasteiger partial charge >= 0.3 is 0 Å². The minimum absolute atomic E-state index is 0.164. The van der Waals surface area contributed by atoms with Crippen LogP contribution < -0.4 is 5.32 Å². The van der Waals surface area contributed by atoms with Crippen molar-refractivity contribution < 1.29 is 14.1 Å². The van der Waals surface area contributed by atoms with Gasteiger partial charge in [0.15, 0.2) is 0 Å². The van der Waals surface area contributed by atoms with Crippen molar-refractivity contribution in [2.24, 2.45) is 0 Å². The van der Waals surface area contributed by atoms with E-state index in [4.69, 9.17) is 4.74 Å². The Balaban J connectivity index is 2.67. The van der Waals surface area contributed by atoms with Crippen LogP contribution in [0.5, 0.6) is 0 Å². The van der Waals surface area contributed by atoms with Gasteiger partial charge in [-0.3, -0.25) is 10.1 Å². The van der Waals surface area contributed by atoms with Crippen LogP contribution in [0.3, 0.4) is 0 Å². The number of nitro groups is 1. The van der Waals surface area contributed by atoms with Gasteiger partial charge in [-0.2, -0.15) is 0 Å². The fourth-order valence-electron chi connectivity index (χ4n) is 1.96. The molecule has 0 aliphatic carbocycles. The Morgan fingerprint density at radius 1 is 1.47 bits per heavy atom. The summed E-state index contributed by atoms with van der Waals surface area (Å²) >= 11 is 0. The van der Waals surface area contributed by atoms with E-state index in [2.05, 4.69) is 5.32 Å². The van der Waals surface area contributed by atoms with Gasteiger partial charge in [0.2, 0.25) is 0 Å². The van der Waals surface area contributed by atoms with Gasteiger partial charge in [0.05, 0.1) is 17.6 Å². The van der Waals surface area contributed by atoms with Gasteiger partial charge < -0.3 is 10.1 Å². The van der Waals surface area contributed by atoms with Gasteiger partial charge in [0.25, 0.3) is 5.69 Å². The monoisotopic (exact) mass is 270 g/mol. The molecule has 1 aromatic rings. The van der Waals surface area contributed by atoms with Gasteiger partial charge in [-0.1, -0.05) is 6.92 Å². The zero-order valence-electron chi connectivity index (χ0n) is 11.2. The summed E-state index contributed by atoms with van der Waals surface area (Å²) in [5.41, 5.74) is 0.424. The van der Waals surface area contributed by atoms with E-state index in [9.17, 15) is 14.5 Å². The van der Waals surface area contributed by atoms with Crippen LogP contribution >= 0.6 is 0 Å². The standard InChI is InChI=1S/C13H19FN2O3/c1-3-15-12(9-19-2)5-4-10-6-11(14)8-13(7-10)16(17)18/h6-8,12,15H,3-5,9H2,1-2H3. The van der Waals surface area contributed by atoms with E-state index in [1.165, 1.54) is 12.1 Å². The van der Waals surface area contributed by atoms with Crippen molar-refractivity contribution in [3.63, 3.8) is 0 Å². The fraction of sp³-hybridized carbons (Fsp3) is 0.538. The second-order valence-corrected chi connectivity index (χ2v) is 4.32. The number of hydrogen-bond donors (Lipinski definition) is 1. The molecule has 0 saturated carbocycles. The van der Waals surface area contributed by atoms with Crippen molar-refractivity contribution in [1.82, 2.24) is 5.32 Å². The molecule has 1 unspecified atom stereocenters. The van der Waals surface area contributed by atoms with Crippen LogP contribution in [0.2, 0.25) is 0 Å². The second-order valence-electron chi connectivity index (χ2n) is 4.32. The van der Waals surface area contributed by atoms with E-state index in [1.54, 1.807) is 7.11 Å². The first-order valence-corrected chi connectivity index (χ1v) is 6.23. The molecule has 0 aromatic heterocycles. The van der Waals surface area contributed by atoms with Gasteiger partial charge in [0, 0.05) is 19.2 Å². The maximum Gasteiger partial charge on any atom is 0.272 e. The van der Waals surface area contributed by atoms with E-state index in [-0.39, 0.29) is 11.7 Å². The highest BCUT2D eigenvalue weighted by atomic mass is 19.1. The first-order valence-electron chi connectivity index (χ1n) is 6.23. The zero-order valence-corrected chi connectivity index (χ0v) is 11.2. The molecule has 0 spiro atoms. The number of non-ortho nitro benzene ring substituents is 1. The number of rotatable bonds is 8. The lowest BCUT2D eigenvalue weighted by atomic mass is 10.0. The van der Waals surface area contributed by atoms with E-state index >= 15 is 0 Å². The quantitative estimate of drug-likeness (QED) is 0.581. The predicted octanol–water partition coefficient (Wildman–Crippen LogP) is 2.29. The molecule has 19 heavy (non-hydrogen) atoms. The summed E-state index contributed by atoms with van der Waals surface area (Å²) in [6, 6.07) is 3.85. The summed E-state index contributed by atoms with van der Waals surface area (Å²) in [4.78, 5) is 10.1. The number of methoxy groups -OCH3 is 1. The molecule has 0 aliphatic rings. The van der Waals surface area contributed by atoms with Crippen molar-refractivity contribution >= 4 is 5.69 Å². The first kappa shape index (κ1) is 15.5. The highest BCUT2D eigenvalue weighted by Gasteiger charge is 2.12. The van der Waals surface area contributed by atoms with E-state index in [0.717, 1.165) is 19.0 Å². The van der Waals surface area contributed by atoms with Crippen molar-refractivity contribution in [3.05, 3.63) is 39.7 Å². The normalized spacial score (nSPS) is 12.4. The molecule has 1 atom stereocenters. The molecule has 5 nitrogen and oxygen atoms in total. The smallest absolute Gasteiger partial charge is 0.272 e. The molecule has 0 radical (unpaired) electrons. The molecule has 1 N–H and O–H groups in total. The molecule has 0 fully saturated rings. The van der Waals surface area contributed by atoms with Crippen LogP contribution in [0.1, 0.15) is 18.9 Å². The number of likely N-dealkylation sites (N-methyl/N-ethyl adjacent to an activating group) is 1. The number of halogens is 1. The van der Waals surface area contributed by atoms with Crippen molar-refractivity contribution in [2.45, 2.75) is 25.8 Å². The highest BCUT2D eigenvalue weighted by molar-refractivity contribution is 5.35. The van der Waals surface area contributed by atoms with E-state index in [1.807, 2.05) is 6.92 Å². The number of nitro benzene ring substituents is 1.